The summed E-state index contributed by atoms with van der Waals surface area (Å²) in [6, 6.07) is 16.8. The SMILES string of the molecule is [N-]=[N+]=N[P+](=O)c1ccccc1-c1ccccc1. The van der Waals surface area contributed by atoms with Crippen LogP contribution in [0.2, 0.25) is 0 Å². The third-order valence-electron chi connectivity index (χ3n) is 2.32. The number of azide groups is 1. The van der Waals surface area contributed by atoms with E-state index in [1.165, 1.54) is 0 Å². The Hall–Kier alpha value is -2.15. The van der Waals surface area contributed by atoms with E-state index in [0.29, 0.717) is 5.30 Å². The molecule has 17 heavy (non-hydrogen) atoms. The third kappa shape index (κ3) is 2.51. The van der Waals surface area contributed by atoms with Gasteiger partial charge in [-0.2, -0.15) is 0 Å². The molecule has 1 atom stereocenters. The third-order valence-corrected chi connectivity index (χ3v) is 3.36. The predicted molar refractivity (Wildman–Crippen MR) is 68.3 cm³/mol. The minimum absolute atomic E-state index is 0.562. The van der Waals surface area contributed by atoms with Gasteiger partial charge in [-0.25, -0.2) is 0 Å². The fraction of sp³-hybridized carbons (Fsp3) is 0. The molecule has 0 aliphatic heterocycles. The van der Waals surface area contributed by atoms with Crippen LogP contribution in [0.1, 0.15) is 0 Å². The van der Waals surface area contributed by atoms with Gasteiger partial charge in [0.15, 0.2) is 4.88 Å². The molecule has 5 heteroatoms. The van der Waals surface area contributed by atoms with E-state index in [4.69, 9.17) is 5.53 Å². The topological polar surface area (TPSA) is 65.8 Å². The molecule has 0 N–H and O–H groups in total. The molecule has 0 aliphatic carbocycles. The number of hydrogen-bond acceptors (Lipinski definition) is 1. The summed E-state index contributed by atoms with van der Waals surface area (Å²) < 4.78 is 11.8. The Balaban J connectivity index is 2.56. The maximum Gasteiger partial charge on any atom is 0.500 e. The minimum Gasteiger partial charge on any atom is -0.0622 e. The average molecular weight is 242 g/mol. The Kier molecular flexibility index (Phi) is 3.51. The lowest BCUT2D eigenvalue weighted by atomic mass is 10.1. The van der Waals surface area contributed by atoms with Gasteiger partial charge in [0, 0.05) is 16.0 Å². The van der Waals surface area contributed by atoms with E-state index in [9.17, 15) is 4.57 Å². The molecule has 0 amide bonds. The Morgan fingerprint density at radius 1 is 1.00 bits per heavy atom. The van der Waals surface area contributed by atoms with Crippen molar-refractivity contribution >= 4 is 13.3 Å². The Morgan fingerprint density at radius 3 is 2.35 bits per heavy atom. The molecule has 0 aromatic heterocycles. The second-order valence-electron chi connectivity index (χ2n) is 3.33. The van der Waals surface area contributed by atoms with Crippen LogP contribution in [-0.2, 0) is 4.57 Å². The van der Waals surface area contributed by atoms with Gasteiger partial charge in [0.25, 0.3) is 0 Å². The lowest BCUT2D eigenvalue weighted by molar-refractivity contribution is 0.594. The summed E-state index contributed by atoms with van der Waals surface area (Å²) in [4.78, 5) is 5.86. The largest absolute Gasteiger partial charge is 0.500 e. The van der Waals surface area contributed by atoms with Crippen LogP contribution in [0.5, 0.6) is 0 Å². The molecule has 0 saturated heterocycles. The summed E-state index contributed by atoms with van der Waals surface area (Å²) in [6.07, 6.45) is 0. The highest BCUT2D eigenvalue weighted by Crippen LogP contribution is 2.29. The van der Waals surface area contributed by atoms with Crippen LogP contribution in [0.4, 0.5) is 0 Å². The predicted octanol–water partition coefficient (Wildman–Crippen LogP) is 4.03. The molecule has 2 rings (SSSR count). The number of nitrogens with zero attached hydrogens (tertiary/aromatic N) is 3. The van der Waals surface area contributed by atoms with Crippen LogP contribution in [0.25, 0.3) is 21.6 Å². The summed E-state index contributed by atoms with van der Waals surface area (Å²) in [7, 11) is -2.06. The summed E-state index contributed by atoms with van der Waals surface area (Å²) >= 11 is 0. The molecular formula is C12H9N3OP+. The average Bonchev–Trinajstić information content (AvgIpc) is 2.40. The van der Waals surface area contributed by atoms with Crippen molar-refractivity contribution < 1.29 is 4.57 Å². The van der Waals surface area contributed by atoms with Crippen LogP contribution < -0.4 is 5.30 Å². The van der Waals surface area contributed by atoms with E-state index in [-0.39, 0.29) is 0 Å². The van der Waals surface area contributed by atoms with Crippen LogP contribution in [0.15, 0.2) is 59.5 Å². The molecule has 2 aromatic rings. The fourth-order valence-electron chi connectivity index (χ4n) is 1.59. The molecule has 0 spiro atoms. The highest BCUT2D eigenvalue weighted by molar-refractivity contribution is 7.52. The molecule has 0 radical (unpaired) electrons. The Bertz CT molecular complexity index is 592. The first-order valence-electron chi connectivity index (χ1n) is 4.99. The molecule has 0 aliphatic rings. The van der Waals surface area contributed by atoms with E-state index in [1.807, 2.05) is 42.5 Å². The molecule has 2 aromatic carbocycles. The van der Waals surface area contributed by atoms with Gasteiger partial charge in [-0.05, 0) is 17.7 Å². The number of benzene rings is 2. The van der Waals surface area contributed by atoms with Crippen LogP contribution in [0.3, 0.4) is 0 Å². The minimum atomic E-state index is -2.06. The van der Waals surface area contributed by atoms with Gasteiger partial charge in [0.2, 0.25) is 5.30 Å². The highest BCUT2D eigenvalue weighted by Gasteiger charge is 2.23. The fourth-order valence-corrected chi connectivity index (χ4v) is 2.38. The first-order valence-corrected chi connectivity index (χ1v) is 6.21. The van der Waals surface area contributed by atoms with Crippen molar-refractivity contribution in [3.05, 3.63) is 65.0 Å². The zero-order valence-electron chi connectivity index (χ0n) is 8.89. The first-order chi connectivity index (χ1) is 8.33. The lowest BCUT2D eigenvalue weighted by Gasteiger charge is -2.00. The van der Waals surface area contributed by atoms with E-state index in [0.717, 1.165) is 11.1 Å². The molecule has 0 bridgehead atoms. The molecule has 0 saturated carbocycles. The van der Waals surface area contributed by atoms with E-state index in [1.54, 1.807) is 12.1 Å². The Morgan fingerprint density at radius 2 is 1.65 bits per heavy atom. The van der Waals surface area contributed by atoms with Gasteiger partial charge in [0.1, 0.15) is 0 Å². The van der Waals surface area contributed by atoms with Gasteiger partial charge < -0.3 is 0 Å². The quantitative estimate of drug-likeness (QED) is 0.346. The molecule has 4 nitrogen and oxygen atoms in total. The number of hydrogen-bond donors (Lipinski definition) is 0. The zero-order chi connectivity index (χ0) is 12.1. The van der Waals surface area contributed by atoms with Crippen molar-refractivity contribution in [1.82, 2.24) is 0 Å². The van der Waals surface area contributed by atoms with Gasteiger partial charge >= 0.3 is 7.95 Å². The van der Waals surface area contributed by atoms with Crippen molar-refractivity contribution in [3.63, 3.8) is 0 Å². The number of rotatable bonds is 3. The van der Waals surface area contributed by atoms with Crippen molar-refractivity contribution in [2.24, 2.45) is 4.88 Å². The van der Waals surface area contributed by atoms with Crippen molar-refractivity contribution in [2.45, 2.75) is 0 Å². The van der Waals surface area contributed by atoms with Crippen molar-refractivity contribution in [3.8, 4) is 11.1 Å². The smallest absolute Gasteiger partial charge is 0.0622 e. The summed E-state index contributed by atoms with van der Waals surface area (Å²) in [5.41, 5.74) is 10.1. The zero-order valence-corrected chi connectivity index (χ0v) is 9.79. The van der Waals surface area contributed by atoms with Crippen LogP contribution in [-0.4, -0.2) is 0 Å². The second-order valence-corrected chi connectivity index (χ2v) is 4.54. The molecule has 0 fully saturated rings. The van der Waals surface area contributed by atoms with E-state index in [2.05, 4.69) is 9.80 Å². The second kappa shape index (κ2) is 5.26. The van der Waals surface area contributed by atoms with E-state index < -0.39 is 7.95 Å². The molecule has 1 unspecified atom stereocenters. The van der Waals surface area contributed by atoms with Crippen molar-refractivity contribution in [2.75, 3.05) is 0 Å². The lowest BCUT2D eigenvalue weighted by Crippen LogP contribution is -1.99. The highest BCUT2D eigenvalue weighted by atomic mass is 31.1. The monoisotopic (exact) mass is 242 g/mol. The van der Waals surface area contributed by atoms with Gasteiger partial charge in [0.05, 0.1) is 0 Å². The molecular weight excluding hydrogens is 233 g/mol. The summed E-state index contributed by atoms with van der Waals surface area (Å²) in [6.45, 7) is 0. The summed E-state index contributed by atoms with van der Waals surface area (Å²) in [5, 5.41) is 0.562. The van der Waals surface area contributed by atoms with Gasteiger partial charge in [-0.1, -0.05) is 47.0 Å². The maximum absolute atomic E-state index is 11.8. The van der Waals surface area contributed by atoms with E-state index >= 15 is 0 Å². The van der Waals surface area contributed by atoms with Gasteiger partial charge in [-0.15, -0.1) is 0 Å². The molecule has 0 heterocycles. The normalized spacial score (nSPS) is 10.5. The Labute approximate surface area is 99.4 Å². The van der Waals surface area contributed by atoms with Gasteiger partial charge in [-0.3, -0.25) is 0 Å². The standard InChI is InChI=1S/C12H9N3OP/c13-14-15-17(16)12-9-5-4-8-11(12)10-6-2-1-3-7-10/h1-9H/q+1. The first kappa shape index (κ1) is 11.3. The van der Waals surface area contributed by atoms with Crippen LogP contribution in [0, 0.1) is 0 Å². The maximum atomic E-state index is 11.8. The molecule has 82 valence electrons. The van der Waals surface area contributed by atoms with Crippen LogP contribution >= 0.6 is 7.95 Å². The van der Waals surface area contributed by atoms with Crippen molar-refractivity contribution in [1.29, 1.82) is 0 Å². The summed E-state index contributed by atoms with van der Waals surface area (Å²) in [5.74, 6) is 0.